The zero-order chi connectivity index (χ0) is 24.4. The second-order valence-electron chi connectivity index (χ2n) is 8.34. The minimum Gasteiger partial charge on any atom is -0.480 e. The summed E-state index contributed by atoms with van der Waals surface area (Å²) in [5.74, 6) is -3.82. The summed E-state index contributed by atoms with van der Waals surface area (Å²) in [6.45, 7) is 6.26. The van der Waals surface area contributed by atoms with Crippen molar-refractivity contribution in [1.82, 2.24) is 16.0 Å². The minimum atomic E-state index is -1.19. The molecule has 4 atom stereocenters. The van der Waals surface area contributed by atoms with Crippen LogP contribution in [-0.2, 0) is 25.6 Å². The molecule has 0 saturated heterocycles. The van der Waals surface area contributed by atoms with Gasteiger partial charge in [0.25, 0.3) is 0 Å². The van der Waals surface area contributed by atoms with Crippen LogP contribution >= 0.6 is 0 Å². The van der Waals surface area contributed by atoms with Crippen molar-refractivity contribution in [1.29, 1.82) is 0 Å². The van der Waals surface area contributed by atoms with Crippen LogP contribution in [0.2, 0.25) is 0 Å². The first-order valence-corrected chi connectivity index (χ1v) is 10.5. The number of nitrogens with two attached hydrogens (primary N) is 1. The Morgan fingerprint density at radius 1 is 0.844 bits per heavy atom. The van der Waals surface area contributed by atoms with Crippen LogP contribution in [0, 0.1) is 11.8 Å². The van der Waals surface area contributed by atoms with Crippen molar-refractivity contribution in [3.05, 3.63) is 35.9 Å². The molecule has 0 aliphatic carbocycles. The Morgan fingerprint density at radius 2 is 1.31 bits per heavy atom. The quantitative estimate of drug-likeness (QED) is 0.247. The fourth-order valence-corrected chi connectivity index (χ4v) is 2.97. The first kappa shape index (κ1) is 27.1. The number of benzene rings is 1. The highest BCUT2D eigenvalue weighted by atomic mass is 16.4. The molecule has 32 heavy (non-hydrogen) atoms. The largest absolute Gasteiger partial charge is 0.480 e. The van der Waals surface area contributed by atoms with E-state index in [1.54, 1.807) is 58.0 Å². The summed E-state index contributed by atoms with van der Waals surface area (Å²) < 4.78 is 0. The maximum Gasteiger partial charge on any atom is 0.326 e. The number of hydrogen-bond acceptors (Lipinski definition) is 6. The molecule has 0 heterocycles. The van der Waals surface area contributed by atoms with Gasteiger partial charge in [-0.25, -0.2) is 4.79 Å². The third-order valence-electron chi connectivity index (χ3n) is 4.92. The lowest BCUT2D eigenvalue weighted by Gasteiger charge is -2.28. The molecule has 0 fully saturated rings. The van der Waals surface area contributed by atoms with E-state index in [-0.39, 0.29) is 18.3 Å². The molecule has 7 N–H and O–H groups in total. The molecule has 0 aromatic heterocycles. The Kier molecular flexibility index (Phi) is 10.8. The van der Waals surface area contributed by atoms with Crippen molar-refractivity contribution in [2.45, 2.75) is 58.3 Å². The molecule has 10 nitrogen and oxygen atoms in total. The van der Waals surface area contributed by atoms with E-state index in [9.17, 15) is 24.3 Å². The van der Waals surface area contributed by atoms with Crippen LogP contribution in [0.3, 0.4) is 0 Å². The SMILES string of the molecule is CC(C)C(NC(=O)C(N)CO)C(=O)NC(C(=O)NC(Cc1ccccc1)C(=O)O)C(C)C. The molecular formula is C22H34N4O6. The van der Waals surface area contributed by atoms with Crippen LogP contribution in [0.5, 0.6) is 0 Å². The fraction of sp³-hybridized carbons (Fsp3) is 0.545. The number of amides is 3. The van der Waals surface area contributed by atoms with Gasteiger partial charge >= 0.3 is 5.97 Å². The number of carbonyl (C=O) groups is 4. The molecule has 1 aromatic rings. The van der Waals surface area contributed by atoms with Crippen LogP contribution in [-0.4, -0.2) is 64.7 Å². The molecule has 1 rings (SSSR count). The zero-order valence-electron chi connectivity index (χ0n) is 18.9. The van der Waals surface area contributed by atoms with Gasteiger partial charge in [-0.1, -0.05) is 58.0 Å². The third-order valence-corrected chi connectivity index (χ3v) is 4.92. The Morgan fingerprint density at radius 3 is 1.75 bits per heavy atom. The van der Waals surface area contributed by atoms with Gasteiger partial charge in [-0.15, -0.1) is 0 Å². The van der Waals surface area contributed by atoms with E-state index in [2.05, 4.69) is 16.0 Å². The lowest BCUT2D eigenvalue weighted by Crippen LogP contribution is -2.60. The first-order chi connectivity index (χ1) is 15.0. The molecule has 0 bridgehead atoms. The predicted octanol–water partition coefficient (Wildman–Crippen LogP) is -0.600. The lowest BCUT2D eigenvalue weighted by atomic mass is 9.98. The Hall–Kier alpha value is -2.98. The molecular weight excluding hydrogens is 416 g/mol. The van der Waals surface area contributed by atoms with Crippen molar-refractivity contribution < 1.29 is 29.4 Å². The highest BCUT2D eigenvalue weighted by molar-refractivity contribution is 5.94. The van der Waals surface area contributed by atoms with Crippen molar-refractivity contribution in [2.75, 3.05) is 6.61 Å². The van der Waals surface area contributed by atoms with Crippen LogP contribution in [0.15, 0.2) is 30.3 Å². The Labute approximate surface area is 187 Å². The Bertz CT molecular complexity index is 784. The van der Waals surface area contributed by atoms with Crippen molar-refractivity contribution in [3.63, 3.8) is 0 Å². The van der Waals surface area contributed by atoms with Gasteiger partial charge in [-0.2, -0.15) is 0 Å². The molecule has 0 radical (unpaired) electrons. The number of carboxylic acid groups (broad SMARTS) is 1. The number of carbonyl (C=O) groups excluding carboxylic acids is 3. The van der Waals surface area contributed by atoms with E-state index in [4.69, 9.17) is 10.8 Å². The molecule has 0 aliphatic heterocycles. The summed E-state index contributed by atoms with van der Waals surface area (Å²) in [5, 5.41) is 26.2. The zero-order valence-corrected chi connectivity index (χ0v) is 18.9. The average molecular weight is 451 g/mol. The molecule has 3 amide bonds. The fourth-order valence-electron chi connectivity index (χ4n) is 2.97. The Balaban J connectivity index is 2.93. The van der Waals surface area contributed by atoms with E-state index in [1.807, 2.05) is 0 Å². The average Bonchev–Trinajstić information content (AvgIpc) is 2.74. The maximum atomic E-state index is 12.9. The van der Waals surface area contributed by atoms with E-state index in [0.717, 1.165) is 5.56 Å². The lowest BCUT2D eigenvalue weighted by molar-refractivity contribution is -0.142. The van der Waals surface area contributed by atoms with Gasteiger partial charge in [0.2, 0.25) is 17.7 Å². The molecule has 1 aromatic carbocycles. The second-order valence-corrected chi connectivity index (χ2v) is 8.34. The van der Waals surface area contributed by atoms with Gasteiger partial charge < -0.3 is 31.9 Å². The van der Waals surface area contributed by atoms with Crippen molar-refractivity contribution >= 4 is 23.7 Å². The number of rotatable bonds is 12. The molecule has 0 spiro atoms. The van der Waals surface area contributed by atoms with Crippen LogP contribution in [0.1, 0.15) is 33.3 Å². The standard InChI is InChI=1S/C22H34N4O6/c1-12(2)17(26-21(30)18(13(3)4)25-19(28)15(23)11-27)20(29)24-16(22(31)32)10-14-8-6-5-7-9-14/h5-9,12-13,15-18,27H,10-11,23H2,1-4H3,(H,24,29)(H,25,28)(H,26,30)(H,31,32). The van der Waals surface area contributed by atoms with Gasteiger partial charge in [0.15, 0.2) is 0 Å². The summed E-state index contributed by atoms with van der Waals surface area (Å²) in [7, 11) is 0. The highest BCUT2D eigenvalue weighted by Crippen LogP contribution is 2.09. The number of aliphatic carboxylic acids is 1. The molecule has 0 saturated carbocycles. The smallest absolute Gasteiger partial charge is 0.326 e. The summed E-state index contributed by atoms with van der Waals surface area (Å²) in [6, 6.07) is 4.51. The van der Waals surface area contributed by atoms with E-state index < -0.39 is 54.5 Å². The molecule has 4 unspecified atom stereocenters. The van der Waals surface area contributed by atoms with Gasteiger partial charge in [0.05, 0.1) is 6.61 Å². The second kappa shape index (κ2) is 12.8. The predicted molar refractivity (Wildman–Crippen MR) is 118 cm³/mol. The molecule has 10 heteroatoms. The molecule has 178 valence electrons. The van der Waals surface area contributed by atoms with E-state index in [1.165, 1.54) is 0 Å². The van der Waals surface area contributed by atoms with Gasteiger partial charge in [-0.05, 0) is 17.4 Å². The van der Waals surface area contributed by atoms with Gasteiger partial charge in [0.1, 0.15) is 24.2 Å². The summed E-state index contributed by atoms with van der Waals surface area (Å²) >= 11 is 0. The summed E-state index contributed by atoms with van der Waals surface area (Å²) in [4.78, 5) is 49.4. The maximum absolute atomic E-state index is 12.9. The number of hydrogen-bond donors (Lipinski definition) is 6. The highest BCUT2D eigenvalue weighted by Gasteiger charge is 2.33. The molecule has 0 aliphatic rings. The van der Waals surface area contributed by atoms with Crippen molar-refractivity contribution in [3.8, 4) is 0 Å². The van der Waals surface area contributed by atoms with Crippen LogP contribution in [0.4, 0.5) is 0 Å². The number of nitrogens with one attached hydrogen (secondary N) is 3. The van der Waals surface area contributed by atoms with Crippen LogP contribution in [0.25, 0.3) is 0 Å². The number of carboxylic acids is 1. The summed E-state index contributed by atoms with van der Waals surface area (Å²) in [5.41, 5.74) is 6.24. The monoisotopic (exact) mass is 450 g/mol. The minimum absolute atomic E-state index is 0.0877. The topological polar surface area (TPSA) is 171 Å². The third kappa shape index (κ3) is 8.27. The van der Waals surface area contributed by atoms with E-state index in [0.29, 0.717) is 0 Å². The first-order valence-electron chi connectivity index (χ1n) is 10.5. The van der Waals surface area contributed by atoms with Gasteiger partial charge in [-0.3, -0.25) is 14.4 Å². The normalized spacial score (nSPS) is 14.9. The van der Waals surface area contributed by atoms with Crippen molar-refractivity contribution in [2.24, 2.45) is 17.6 Å². The summed E-state index contributed by atoms with van der Waals surface area (Å²) in [6.07, 6.45) is 0.0877. The van der Waals surface area contributed by atoms with Crippen LogP contribution < -0.4 is 21.7 Å². The van der Waals surface area contributed by atoms with Gasteiger partial charge in [0, 0.05) is 6.42 Å². The number of aliphatic hydroxyl groups is 1. The number of aliphatic hydroxyl groups excluding tert-OH is 1. The van der Waals surface area contributed by atoms with E-state index >= 15 is 0 Å².